The maximum absolute atomic E-state index is 13.1. The second-order valence-corrected chi connectivity index (χ2v) is 7.19. The summed E-state index contributed by atoms with van der Waals surface area (Å²) in [6.07, 6.45) is 3.54. The van der Waals surface area contributed by atoms with E-state index >= 15 is 0 Å². The van der Waals surface area contributed by atoms with Gasteiger partial charge in [0.2, 0.25) is 0 Å². The Morgan fingerprint density at radius 3 is 2.25 bits per heavy atom. The molecule has 3 rings (SSSR count). The average Bonchev–Trinajstić information content (AvgIpc) is 2.82. The molecule has 0 saturated heterocycles. The smallest absolute Gasteiger partial charge is 0.339 e. The van der Waals surface area contributed by atoms with Crippen LogP contribution in [0.4, 0.5) is 11.4 Å². The summed E-state index contributed by atoms with van der Waals surface area (Å²) in [6.45, 7) is 12.7. The van der Waals surface area contributed by atoms with Gasteiger partial charge >= 0.3 is 5.97 Å². The molecule has 164 valence electrons. The molecule has 0 atom stereocenters. The van der Waals surface area contributed by atoms with Gasteiger partial charge in [0.05, 0.1) is 17.9 Å². The molecule has 3 aromatic rings. The molecule has 0 spiro atoms. The van der Waals surface area contributed by atoms with Crippen LogP contribution in [0, 0.1) is 6.92 Å². The van der Waals surface area contributed by atoms with Gasteiger partial charge in [0, 0.05) is 17.8 Å². The molecule has 0 aliphatic heterocycles. The van der Waals surface area contributed by atoms with Crippen LogP contribution in [0.25, 0.3) is 11.1 Å². The van der Waals surface area contributed by atoms with Crippen molar-refractivity contribution in [2.24, 2.45) is 0 Å². The van der Waals surface area contributed by atoms with E-state index in [0.717, 1.165) is 28.1 Å². The largest absolute Gasteiger partial charge is 0.487 e. The first-order valence-electron chi connectivity index (χ1n) is 10.7. The van der Waals surface area contributed by atoms with Crippen LogP contribution in [0.3, 0.4) is 0 Å². The first-order chi connectivity index (χ1) is 15.6. The van der Waals surface area contributed by atoms with Crippen LogP contribution in [0.2, 0.25) is 0 Å². The normalized spacial score (nSPS) is 10.3. The van der Waals surface area contributed by atoms with E-state index < -0.39 is 0 Å². The SMILES string of the molecule is C=CCOc1cc(-c2ccccc2)c(C(=O)OCC)c(C)c1N(CC=C)c1ccccc1. The molecule has 3 aromatic carbocycles. The minimum atomic E-state index is -0.355. The van der Waals surface area contributed by atoms with E-state index in [9.17, 15) is 4.79 Å². The van der Waals surface area contributed by atoms with Crippen molar-refractivity contribution in [3.63, 3.8) is 0 Å². The molecule has 4 heteroatoms. The summed E-state index contributed by atoms with van der Waals surface area (Å²) in [5.74, 6) is 0.312. The fraction of sp³-hybridized carbons (Fsp3) is 0.179. The van der Waals surface area contributed by atoms with Crippen molar-refractivity contribution in [2.45, 2.75) is 13.8 Å². The Morgan fingerprint density at radius 2 is 1.66 bits per heavy atom. The predicted molar refractivity (Wildman–Crippen MR) is 132 cm³/mol. The fourth-order valence-corrected chi connectivity index (χ4v) is 3.75. The van der Waals surface area contributed by atoms with Gasteiger partial charge in [-0.15, -0.1) is 6.58 Å². The van der Waals surface area contributed by atoms with Gasteiger partial charge in [0.1, 0.15) is 12.4 Å². The molecule has 0 N–H and O–H groups in total. The molecule has 0 fully saturated rings. The van der Waals surface area contributed by atoms with Crippen LogP contribution < -0.4 is 9.64 Å². The number of esters is 1. The zero-order valence-electron chi connectivity index (χ0n) is 18.7. The summed E-state index contributed by atoms with van der Waals surface area (Å²) in [5, 5.41) is 0. The van der Waals surface area contributed by atoms with Gasteiger partial charge in [-0.25, -0.2) is 4.79 Å². The molecular weight excluding hydrogens is 398 g/mol. The van der Waals surface area contributed by atoms with Crippen molar-refractivity contribution in [1.82, 2.24) is 0 Å². The summed E-state index contributed by atoms with van der Waals surface area (Å²) in [4.78, 5) is 15.2. The number of carbonyl (C=O) groups is 1. The molecule has 32 heavy (non-hydrogen) atoms. The van der Waals surface area contributed by atoms with Crippen molar-refractivity contribution in [3.05, 3.63) is 103 Å². The van der Waals surface area contributed by atoms with Crippen LogP contribution in [-0.2, 0) is 4.74 Å². The van der Waals surface area contributed by atoms with Gasteiger partial charge in [-0.05, 0) is 43.2 Å². The molecule has 0 saturated carbocycles. The van der Waals surface area contributed by atoms with Crippen LogP contribution in [0.5, 0.6) is 5.75 Å². The molecule has 0 aliphatic rings. The van der Waals surface area contributed by atoms with Crippen molar-refractivity contribution >= 4 is 17.3 Å². The number of rotatable bonds is 10. The predicted octanol–water partition coefficient (Wildman–Crippen LogP) is 6.73. The number of benzene rings is 3. The number of ether oxygens (including phenoxy) is 2. The van der Waals surface area contributed by atoms with Gasteiger partial charge in [0.25, 0.3) is 0 Å². The Labute approximate surface area is 190 Å². The third kappa shape index (κ3) is 4.92. The summed E-state index contributed by atoms with van der Waals surface area (Å²) < 4.78 is 11.6. The summed E-state index contributed by atoms with van der Waals surface area (Å²) in [5.41, 5.74) is 4.79. The van der Waals surface area contributed by atoms with E-state index in [2.05, 4.69) is 18.1 Å². The van der Waals surface area contributed by atoms with E-state index in [1.807, 2.05) is 86.7 Å². The topological polar surface area (TPSA) is 38.8 Å². The Hall–Kier alpha value is -3.79. The number of para-hydroxylation sites is 1. The van der Waals surface area contributed by atoms with E-state index in [4.69, 9.17) is 9.47 Å². The van der Waals surface area contributed by atoms with Gasteiger partial charge in [-0.1, -0.05) is 67.3 Å². The molecule has 0 amide bonds. The van der Waals surface area contributed by atoms with Crippen molar-refractivity contribution in [3.8, 4) is 16.9 Å². The summed E-state index contributed by atoms with van der Waals surface area (Å²) in [7, 11) is 0. The number of anilines is 2. The van der Waals surface area contributed by atoms with Crippen LogP contribution in [0.15, 0.2) is 92.0 Å². The zero-order chi connectivity index (χ0) is 22.9. The van der Waals surface area contributed by atoms with E-state index in [-0.39, 0.29) is 5.97 Å². The number of hydrogen-bond acceptors (Lipinski definition) is 4. The zero-order valence-corrected chi connectivity index (χ0v) is 18.7. The molecule has 0 aromatic heterocycles. The Kier molecular flexibility index (Phi) is 7.87. The highest BCUT2D eigenvalue weighted by Crippen LogP contribution is 2.43. The molecule has 0 bridgehead atoms. The highest BCUT2D eigenvalue weighted by atomic mass is 16.5. The van der Waals surface area contributed by atoms with E-state index in [0.29, 0.717) is 31.1 Å². The molecule has 0 aliphatic carbocycles. The Balaban J connectivity index is 2.34. The highest BCUT2D eigenvalue weighted by Gasteiger charge is 2.26. The number of carbonyl (C=O) groups excluding carboxylic acids is 1. The minimum Gasteiger partial charge on any atom is -0.487 e. The monoisotopic (exact) mass is 427 g/mol. The lowest BCUT2D eigenvalue weighted by Crippen LogP contribution is -2.21. The average molecular weight is 428 g/mol. The molecule has 0 heterocycles. The van der Waals surface area contributed by atoms with Crippen LogP contribution in [0.1, 0.15) is 22.8 Å². The van der Waals surface area contributed by atoms with Gasteiger partial charge in [0.15, 0.2) is 0 Å². The maximum atomic E-state index is 13.1. The molecular formula is C28H29NO3. The number of nitrogens with zero attached hydrogens (tertiary/aromatic N) is 1. The standard InChI is InChI=1S/C28H29NO3/c1-5-18-29(23-16-12-9-13-17-23)27-21(4)26(28(30)31-7-3)24(20-25(27)32-19-6-2)22-14-10-8-11-15-22/h5-6,8-17,20H,1-2,7,18-19H2,3-4H3. The van der Waals surface area contributed by atoms with Crippen LogP contribution in [-0.4, -0.2) is 25.7 Å². The van der Waals surface area contributed by atoms with Crippen LogP contribution >= 0.6 is 0 Å². The Bertz CT molecular complexity index is 1070. The summed E-state index contributed by atoms with van der Waals surface area (Å²) in [6, 6.07) is 21.7. The Morgan fingerprint density at radius 1 is 1.00 bits per heavy atom. The van der Waals surface area contributed by atoms with Crippen molar-refractivity contribution in [2.75, 3.05) is 24.7 Å². The lowest BCUT2D eigenvalue weighted by molar-refractivity contribution is 0.0526. The second kappa shape index (κ2) is 11.0. The summed E-state index contributed by atoms with van der Waals surface area (Å²) >= 11 is 0. The molecule has 0 radical (unpaired) electrons. The molecule has 0 unspecified atom stereocenters. The molecule has 4 nitrogen and oxygen atoms in total. The first kappa shape index (κ1) is 22.9. The van der Waals surface area contributed by atoms with Gasteiger partial charge in [-0.2, -0.15) is 0 Å². The highest BCUT2D eigenvalue weighted by molar-refractivity contribution is 6.02. The quantitative estimate of drug-likeness (QED) is 0.266. The van der Waals surface area contributed by atoms with E-state index in [1.165, 1.54) is 0 Å². The maximum Gasteiger partial charge on any atom is 0.339 e. The van der Waals surface area contributed by atoms with Crippen molar-refractivity contribution in [1.29, 1.82) is 0 Å². The lowest BCUT2D eigenvalue weighted by Gasteiger charge is -2.29. The van der Waals surface area contributed by atoms with E-state index in [1.54, 1.807) is 6.08 Å². The first-order valence-corrected chi connectivity index (χ1v) is 10.7. The van der Waals surface area contributed by atoms with Gasteiger partial charge in [-0.3, -0.25) is 0 Å². The third-order valence-electron chi connectivity index (χ3n) is 5.08. The fourth-order valence-electron chi connectivity index (χ4n) is 3.75. The van der Waals surface area contributed by atoms with Gasteiger partial charge < -0.3 is 14.4 Å². The third-order valence-corrected chi connectivity index (χ3v) is 5.08. The van der Waals surface area contributed by atoms with Crippen molar-refractivity contribution < 1.29 is 14.3 Å². The second-order valence-electron chi connectivity index (χ2n) is 7.19. The lowest BCUT2D eigenvalue weighted by atomic mass is 9.93. The minimum absolute atomic E-state index is 0.297. The number of hydrogen-bond donors (Lipinski definition) is 0.